The normalized spacial score (nSPS) is 13.5. The van der Waals surface area contributed by atoms with Crippen LogP contribution in [0.25, 0.3) is 0 Å². The topological polar surface area (TPSA) is 107 Å². The molecule has 2 N–H and O–H groups in total. The van der Waals surface area contributed by atoms with Gasteiger partial charge in [0.15, 0.2) is 15.4 Å². The van der Waals surface area contributed by atoms with Crippen molar-refractivity contribution in [1.29, 1.82) is 5.26 Å². The lowest BCUT2D eigenvalue weighted by Gasteiger charge is -2.27. The number of sulfone groups is 1. The van der Waals surface area contributed by atoms with E-state index in [2.05, 4.69) is 5.32 Å². The van der Waals surface area contributed by atoms with Gasteiger partial charge >= 0.3 is 6.18 Å². The molecule has 35 heavy (non-hydrogen) atoms. The molecule has 0 aliphatic rings. The minimum absolute atomic E-state index is 0.351. The maximum Gasteiger partial charge on any atom is 0.417 e. The number of amides is 1. The van der Waals surface area contributed by atoms with Gasteiger partial charge in [0.05, 0.1) is 27.8 Å². The summed E-state index contributed by atoms with van der Waals surface area (Å²) in [6.45, 7) is 0. The van der Waals surface area contributed by atoms with Crippen molar-refractivity contribution in [3.8, 4) is 6.07 Å². The average molecular weight is 506 g/mol. The third-order valence-electron chi connectivity index (χ3n) is 5.07. The Morgan fingerprint density at radius 1 is 1.00 bits per heavy atom. The van der Waals surface area contributed by atoms with E-state index in [-0.39, 0.29) is 4.90 Å². The third kappa shape index (κ3) is 6.23. The van der Waals surface area contributed by atoms with E-state index in [9.17, 15) is 35.9 Å². The van der Waals surface area contributed by atoms with Crippen molar-refractivity contribution in [3.05, 3.63) is 95.3 Å². The van der Waals surface area contributed by atoms with Crippen LogP contribution in [0.15, 0.2) is 77.7 Å². The van der Waals surface area contributed by atoms with E-state index in [4.69, 9.17) is 5.26 Å². The molecule has 1 amide bonds. The van der Waals surface area contributed by atoms with E-state index in [0.717, 1.165) is 36.4 Å². The summed E-state index contributed by atoms with van der Waals surface area (Å²) in [5.74, 6) is -3.10. The number of hydrogen-bond acceptors (Lipinski definition) is 5. The van der Waals surface area contributed by atoms with Crippen LogP contribution < -0.4 is 5.32 Å². The number of aliphatic hydroxyl groups is 1. The summed E-state index contributed by atoms with van der Waals surface area (Å²) in [5.41, 5.74) is -4.60. The second-order valence-electron chi connectivity index (χ2n) is 7.73. The highest BCUT2D eigenvalue weighted by molar-refractivity contribution is 7.91. The molecule has 0 heterocycles. The van der Waals surface area contributed by atoms with E-state index in [1.165, 1.54) is 18.2 Å². The summed E-state index contributed by atoms with van der Waals surface area (Å²) in [6.07, 6.45) is -5.37. The van der Waals surface area contributed by atoms with Gasteiger partial charge in [-0.3, -0.25) is 4.79 Å². The van der Waals surface area contributed by atoms with Gasteiger partial charge in [0.1, 0.15) is 5.82 Å². The zero-order valence-electron chi connectivity index (χ0n) is 17.9. The number of carbonyl (C=O) groups is 1. The van der Waals surface area contributed by atoms with Crippen LogP contribution in [0.3, 0.4) is 0 Å². The van der Waals surface area contributed by atoms with Crippen molar-refractivity contribution in [3.63, 3.8) is 0 Å². The lowest BCUT2D eigenvalue weighted by molar-refractivity contribution is -0.138. The van der Waals surface area contributed by atoms with Crippen LogP contribution in [0, 0.1) is 17.1 Å². The minimum Gasteiger partial charge on any atom is -0.379 e. The van der Waals surface area contributed by atoms with Crippen molar-refractivity contribution in [2.75, 3.05) is 11.1 Å². The zero-order chi connectivity index (χ0) is 25.9. The van der Waals surface area contributed by atoms with Crippen LogP contribution in [-0.2, 0) is 27.2 Å². The van der Waals surface area contributed by atoms with Gasteiger partial charge in [-0.05, 0) is 48.0 Å². The molecular weight excluding hydrogens is 488 g/mol. The number of alkyl halides is 3. The van der Waals surface area contributed by atoms with Gasteiger partial charge in [0.25, 0.3) is 5.91 Å². The number of nitrogens with zero attached hydrogens (tertiary/aromatic N) is 1. The third-order valence-corrected chi connectivity index (χ3v) is 6.91. The Labute approximate surface area is 198 Å². The van der Waals surface area contributed by atoms with Crippen molar-refractivity contribution >= 4 is 21.4 Å². The Balaban J connectivity index is 1.98. The molecular formula is C24H18F4N2O4S. The Bertz CT molecular complexity index is 1370. The molecule has 0 unspecified atom stereocenters. The van der Waals surface area contributed by atoms with Gasteiger partial charge in [0.2, 0.25) is 0 Å². The summed E-state index contributed by atoms with van der Waals surface area (Å²) >= 11 is 0. The molecule has 6 nitrogen and oxygen atoms in total. The molecule has 0 radical (unpaired) electrons. The van der Waals surface area contributed by atoms with E-state index in [1.54, 1.807) is 18.2 Å². The van der Waals surface area contributed by atoms with E-state index < -0.39 is 62.3 Å². The standard InChI is InChI=1S/C24H18F4N2O4S/c25-18-7-10-20(11-8-18)35(33,34)15-23(32,13-16-4-2-1-3-5-16)22(31)30-19-9-6-17(14-29)21(12-19)24(26,27)28/h1-12,32H,13,15H2,(H,30,31)/t23-/m0/s1. The van der Waals surface area contributed by atoms with Crippen LogP contribution >= 0.6 is 0 Å². The number of halogens is 4. The molecule has 0 aliphatic heterocycles. The number of nitrogens with one attached hydrogen (secondary N) is 1. The predicted octanol–water partition coefficient (Wildman–Crippen LogP) is 4.10. The van der Waals surface area contributed by atoms with Gasteiger partial charge in [0, 0.05) is 12.1 Å². The molecule has 3 rings (SSSR count). The number of nitriles is 1. The first-order valence-electron chi connectivity index (χ1n) is 10.0. The Kier molecular flexibility index (Phi) is 7.28. The highest BCUT2D eigenvalue weighted by Crippen LogP contribution is 2.34. The van der Waals surface area contributed by atoms with Gasteiger partial charge in [-0.2, -0.15) is 18.4 Å². The van der Waals surface area contributed by atoms with Gasteiger partial charge in [-0.25, -0.2) is 12.8 Å². The summed E-state index contributed by atoms with van der Waals surface area (Å²) in [5, 5.41) is 22.3. The number of hydrogen-bond donors (Lipinski definition) is 2. The fraction of sp³-hybridized carbons (Fsp3) is 0.167. The molecule has 3 aromatic rings. The first kappa shape index (κ1) is 25.9. The second-order valence-corrected chi connectivity index (χ2v) is 9.72. The zero-order valence-corrected chi connectivity index (χ0v) is 18.7. The molecule has 182 valence electrons. The summed E-state index contributed by atoms with van der Waals surface area (Å²) in [4.78, 5) is 12.7. The van der Waals surface area contributed by atoms with Crippen LogP contribution in [-0.4, -0.2) is 30.8 Å². The lowest BCUT2D eigenvalue weighted by atomic mass is 9.95. The Hall–Kier alpha value is -3.75. The van der Waals surface area contributed by atoms with Gasteiger partial charge < -0.3 is 10.4 Å². The van der Waals surface area contributed by atoms with E-state index >= 15 is 0 Å². The molecule has 0 saturated carbocycles. The van der Waals surface area contributed by atoms with E-state index in [1.807, 2.05) is 0 Å². The Morgan fingerprint density at radius 3 is 2.20 bits per heavy atom. The fourth-order valence-corrected chi connectivity index (χ4v) is 4.95. The monoisotopic (exact) mass is 506 g/mol. The van der Waals surface area contributed by atoms with Crippen molar-refractivity contribution < 1.29 is 35.9 Å². The highest BCUT2D eigenvalue weighted by atomic mass is 32.2. The predicted molar refractivity (Wildman–Crippen MR) is 118 cm³/mol. The molecule has 0 aromatic heterocycles. The van der Waals surface area contributed by atoms with Crippen LogP contribution in [0.4, 0.5) is 23.2 Å². The number of rotatable bonds is 7. The number of carbonyl (C=O) groups excluding carboxylic acids is 1. The Morgan fingerprint density at radius 2 is 1.63 bits per heavy atom. The average Bonchev–Trinajstić information content (AvgIpc) is 2.79. The minimum atomic E-state index is -4.89. The SMILES string of the molecule is N#Cc1ccc(NC(=O)[C@](O)(Cc2ccccc2)CS(=O)(=O)c2ccc(F)cc2)cc1C(F)(F)F. The van der Waals surface area contributed by atoms with Gasteiger partial charge in [-0.1, -0.05) is 30.3 Å². The maximum atomic E-state index is 13.3. The van der Waals surface area contributed by atoms with Crippen LogP contribution in [0.2, 0.25) is 0 Å². The summed E-state index contributed by atoms with van der Waals surface area (Å²) in [6, 6.07) is 15.5. The van der Waals surface area contributed by atoms with Crippen molar-refractivity contribution in [2.24, 2.45) is 0 Å². The number of anilines is 1. The van der Waals surface area contributed by atoms with Gasteiger partial charge in [-0.15, -0.1) is 0 Å². The molecule has 11 heteroatoms. The van der Waals surface area contributed by atoms with Crippen LogP contribution in [0.1, 0.15) is 16.7 Å². The lowest BCUT2D eigenvalue weighted by Crippen LogP contribution is -2.50. The van der Waals surface area contributed by atoms with Crippen LogP contribution in [0.5, 0.6) is 0 Å². The fourth-order valence-electron chi connectivity index (χ4n) is 3.37. The molecule has 0 bridgehead atoms. The first-order chi connectivity index (χ1) is 16.3. The molecule has 3 aromatic carbocycles. The van der Waals surface area contributed by atoms with E-state index in [0.29, 0.717) is 11.6 Å². The molecule has 0 spiro atoms. The molecule has 0 saturated heterocycles. The molecule has 0 aliphatic carbocycles. The molecule has 1 atom stereocenters. The quantitative estimate of drug-likeness (QED) is 0.371. The van der Waals surface area contributed by atoms with Crippen molar-refractivity contribution in [2.45, 2.75) is 23.1 Å². The largest absolute Gasteiger partial charge is 0.417 e. The second kappa shape index (κ2) is 9.85. The highest BCUT2D eigenvalue weighted by Gasteiger charge is 2.42. The summed E-state index contributed by atoms with van der Waals surface area (Å²) < 4.78 is 79.0. The smallest absolute Gasteiger partial charge is 0.379 e. The summed E-state index contributed by atoms with van der Waals surface area (Å²) in [7, 11) is -4.33. The maximum absolute atomic E-state index is 13.3. The molecule has 0 fully saturated rings. The first-order valence-corrected chi connectivity index (χ1v) is 11.7. The number of benzene rings is 3. The van der Waals surface area contributed by atoms with Crippen molar-refractivity contribution in [1.82, 2.24) is 0 Å².